The van der Waals surface area contributed by atoms with Crippen molar-refractivity contribution in [2.75, 3.05) is 13.1 Å². The number of carbonyl (C=O) groups excluding carboxylic acids is 1. The van der Waals surface area contributed by atoms with Crippen molar-refractivity contribution in [1.82, 2.24) is 9.88 Å². The Hall–Kier alpha value is -2.95. The molecule has 0 radical (unpaired) electrons. The Morgan fingerprint density at radius 3 is 2.06 bits per heavy atom. The van der Waals surface area contributed by atoms with E-state index in [1.54, 1.807) is 18.2 Å². The van der Waals surface area contributed by atoms with Crippen LogP contribution in [0, 0.1) is 6.92 Å². The molecule has 3 N–H and O–H groups in total. The molecule has 0 aliphatic rings. The standard InChI is InChI=1S/C30H42N2O3/c1-4-32(5-2)28(35)15-13-11-9-7-6-8-10-12-14-25-27(34)21-20-26-29(25)22(3)30(31-26)23-16-18-24(33)19-17-23/h16-21,31,33-34H,4-15H2,1-3H3. The SMILES string of the molecule is CCN(CC)C(=O)CCCCCCCCCCc1c(O)ccc2[nH]c(-c3ccc(O)cc3)c(C)c12. The quantitative estimate of drug-likeness (QED) is 0.210. The van der Waals surface area contributed by atoms with E-state index < -0.39 is 0 Å². The van der Waals surface area contributed by atoms with E-state index in [0.29, 0.717) is 18.1 Å². The van der Waals surface area contributed by atoms with E-state index in [0.717, 1.165) is 78.5 Å². The molecule has 1 heterocycles. The first kappa shape index (κ1) is 26.7. The number of carbonyl (C=O) groups is 1. The lowest BCUT2D eigenvalue weighted by atomic mass is 9.97. The van der Waals surface area contributed by atoms with Crippen LogP contribution in [0.25, 0.3) is 22.2 Å². The van der Waals surface area contributed by atoms with Gasteiger partial charge in [0.15, 0.2) is 0 Å². The molecular formula is C30H42N2O3. The highest BCUT2D eigenvalue weighted by molar-refractivity contribution is 5.94. The number of rotatable bonds is 14. The summed E-state index contributed by atoms with van der Waals surface area (Å²) in [6, 6.07) is 11.0. The average Bonchev–Trinajstić information content (AvgIpc) is 3.19. The number of hydrogen-bond acceptors (Lipinski definition) is 3. The molecular weight excluding hydrogens is 436 g/mol. The topological polar surface area (TPSA) is 76.6 Å². The second kappa shape index (κ2) is 13.2. The summed E-state index contributed by atoms with van der Waals surface area (Å²) in [6.07, 6.45) is 10.8. The van der Waals surface area contributed by atoms with E-state index in [4.69, 9.17) is 0 Å². The van der Waals surface area contributed by atoms with Crippen LogP contribution in [-0.4, -0.2) is 39.1 Å². The Morgan fingerprint density at radius 2 is 1.43 bits per heavy atom. The molecule has 0 aliphatic carbocycles. The van der Waals surface area contributed by atoms with Gasteiger partial charge in [0.05, 0.1) is 0 Å². The maximum absolute atomic E-state index is 12.0. The number of benzene rings is 2. The van der Waals surface area contributed by atoms with Crippen LogP contribution in [0.2, 0.25) is 0 Å². The monoisotopic (exact) mass is 478 g/mol. The van der Waals surface area contributed by atoms with Crippen LogP contribution in [0.1, 0.15) is 82.8 Å². The van der Waals surface area contributed by atoms with E-state index in [9.17, 15) is 15.0 Å². The summed E-state index contributed by atoms with van der Waals surface area (Å²) >= 11 is 0. The van der Waals surface area contributed by atoms with Gasteiger partial charge in [-0.3, -0.25) is 4.79 Å². The highest BCUT2D eigenvalue weighted by atomic mass is 16.3. The molecule has 2 aromatic carbocycles. The molecule has 0 saturated heterocycles. The lowest BCUT2D eigenvalue weighted by molar-refractivity contribution is -0.130. The number of nitrogens with zero attached hydrogens (tertiary/aromatic N) is 1. The van der Waals surface area contributed by atoms with Gasteiger partial charge in [-0.05, 0) is 87.6 Å². The lowest BCUT2D eigenvalue weighted by Gasteiger charge is -2.18. The summed E-state index contributed by atoms with van der Waals surface area (Å²) in [4.78, 5) is 17.5. The maximum atomic E-state index is 12.0. The highest BCUT2D eigenvalue weighted by Gasteiger charge is 2.16. The number of aromatic nitrogens is 1. The molecule has 0 atom stereocenters. The van der Waals surface area contributed by atoms with Crippen molar-refractivity contribution >= 4 is 16.8 Å². The summed E-state index contributed by atoms with van der Waals surface area (Å²) < 4.78 is 0. The van der Waals surface area contributed by atoms with Gasteiger partial charge in [-0.2, -0.15) is 0 Å². The first-order valence-corrected chi connectivity index (χ1v) is 13.4. The van der Waals surface area contributed by atoms with Gasteiger partial charge in [-0.25, -0.2) is 0 Å². The molecule has 5 heteroatoms. The molecule has 0 aliphatic heterocycles. The minimum Gasteiger partial charge on any atom is -0.508 e. The summed E-state index contributed by atoms with van der Waals surface area (Å²) in [5.74, 6) is 0.920. The number of aromatic hydroxyl groups is 2. The van der Waals surface area contributed by atoms with Crippen molar-refractivity contribution in [2.45, 2.75) is 85.0 Å². The van der Waals surface area contributed by atoms with Crippen molar-refractivity contribution in [3.05, 3.63) is 47.5 Å². The molecule has 0 unspecified atom stereocenters. The second-order valence-electron chi connectivity index (χ2n) is 9.55. The number of aryl methyl sites for hydroxylation is 2. The molecule has 0 bridgehead atoms. The minimum atomic E-state index is 0.256. The fourth-order valence-corrected chi connectivity index (χ4v) is 5.07. The molecule has 0 fully saturated rings. The van der Waals surface area contributed by atoms with E-state index >= 15 is 0 Å². The van der Waals surface area contributed by atoms with Crippen molar-refractivity contribution in [3.8, 4) is 22.8 Å². The normalized spacial score (nSPS) is 11.3. The third-order valence-corrected chi connectivity index (χ3v) is 7.14. The minimum absolute atomic E-state index is 0.256. The van der Waals surface area contributed by atoms with Crippen molar-refractivity contribution in [1.29, 1.82) is 0 Å². The predicted molar refractivity (Wildman–Crippen MR) is 145 cm³/mol. The second-order valence-corrected chi connectivity index (χ2v) is 9.55. The zero-order valence-corrected chi connectivity index (χ0v) is 21.7. The Balaban J connectivity index is 1.43. The van der Waals surface area contributed by atoms with E-state index in [1.807, 2.05) is 36.9 Å². The van der Waals surface area contributed by atoms with E-state index in [2.05, 4.69) is 11.9 Å². The number of hydrogen-bond donors (Lipinski definition) is 3. The van der Waals surface area contributed by atoms with Crippen LogP contribution in [0.15, 0.2) is 36.4 Å². The summed E-state index contributed by atoms with van der Waals surface area (Å²) in [6.45, 7) is 7.80. The highest BCUT2D eigenvalue weighted by Crippen LogP contribution is 2.36. The van der Waals surface area contributed by atoms with Gasteiger partial charge >= 0.3 is 0 Å². The first-order valence-electron chi connectivity index (χ1n) is 13.4. The number of fused-ring (bicyclic) bond motifs is 1. The summed E-state index contributed by atoms with van der Waals surface area (Å²) in [5, 5.41) is 21.3. The smallest absolute Gasteiger partial charge is 0.222 e. The fourth-order valence-electron chi connectivity index (χ4n) is 5.07. The molecule has 3 aromatic rings. The summed E-state index contributed by atoms with van der Waals surface area (Å²) in [7, 11) is 0. The van der Waals surface area contributed by atoms with Gasteiger partial charge in [0.1, 0.15) is 11.5 Å². The molecule has 3 rings (SSSR count). The number of phenolic OH excluding ortho intramolecular Hbond substituents is 2. The molecule has 0 spiro atoms. The number of H-pyrrole nitrogens is 1. The molecule has 1 amide bonds. The van der Waals surface area contributed by atoms with Gasteiger partial charge in [-0.1, -0.05) is 38.5 Å². The molecule has 190 valence electrons. The van der Waals surface area contributed by atoms with E-state index in [-0.39, 0.29) is 5.75 Å². The first-order chi connectivity index (χ1) is 17.0. The molecule has 0 saturated carbocycles. The lowest BCUT2D eigenvalue weighted by Crippen LogP contribution is -2.30. The number of nitrogens with one attached hydrogen (secondary N) is 1. The van der Waals surface area contributed by atoms with Gasteiger partial charge in [0.2, 0.25) is 5.91 Å². The summed E-state index contributed by atoms with van der Waals surface area (Å²) in [5.41, 5.74) is 5.26. The van der Waals surface area contributed by atoms with Gasteiger partial charge < -0.3 is 20.1 Å². The third-order valence-electron chi connectivity index (χ3n) is 7.14. The molecule has 5 nitrogen and oxygen atoms in total. The Kier molecular flexibility index (Phi) is 10.1. The van der Waals surface area contributed by atoms with Crippen LogP contribution in [0.4, 0.5) is 0 Å². The number of phenols is 2. The van der Waals surface area contributed by atoms with Crippen molar-refractivity contribution in [2.24, 2.45) is 0 Å². The average molecular weight is 479 g/mol. The van der Waals surface area contributed by atoms with E-state index in [1.165, 1.54) is 25.7 Å². The third kappa shape index (κ3) is 7.03. The van der Waals surface area contributed by atoms with Gasteiger partial charge in [0.25, 0.3) is 0 Å². The zero-order valence-electron chi connectivity index (χ0n) is 21.7. The van der Waals surface area contributed by atoms with Crippen LogP contribution < -0.4 is 0 Å². The Bertz CT molecular complexity index is 1080. The predicted octanol–water partition coefficient (Wildman–Crippen LogP) is 7.48. The van der Waals surface area contributed by atoms with Crippen molar-refractivity contribution < 1.29 is 15.0 Å². The van der Waals surface area contributed by atoms with Crippen LogP contribution in [0.5, 0.6) is 11.5 Å². The number of aromatic amines is 1. The van der Waals surface area contributed by atoms with Crippen LogP contribution >= 0.6 is 0 Å². The molecule has 35 heavy (non-hydrogen) atoms. The van der Waals surface area contributed by atoms with Crippen LogP contribution in [-0.2, 0) is 11.2 Å². The number of amides is 1. The zero-order chi connectivity index (χ0) is 25.2. The Morgan fingerprint density at radius 1 is 0.829 bits per heavy atom. The van der Waals surface area contributed by atoms with Crippen molar-refractivity contribution in [3.63, 3.8) is 0 Å². The fraction of sp³-hybridized carbons (Fsp3) is 0.500. The van der Waals surface area contributed by atoms with Gasteiger partial charge in [0, 0.05) is 41.7 Å². The largest absolute Gasteiger partial charge is 0.508 e. The Labute approximate surface area is 210 Å². The number of unbranched alkanes of at least 4 members (excludes halogenated alkanes) is 7. The molecule has 1 aromatic heterocycles. The van der Waals surface area contributed by atoms with Gasteiger partial charge in [-0.15, -0.1) is 0 Å². The van der Waals surface area contributed by atoms with Crippen LogP contribution in [0.3, 0.4) is 0 Å². The maximum Gasteiger partial charge on any atom is 0.222 e.